The Morgan fingerprint density at radius 2 is 1.97 bits per heavy atom. The number of nitrogens with one attached hydrogen (secondary N) is 1. The van der Waals surface area contributed by atoms with Crippen LogP contribution in [0.25, 0.3) is 0 Å². The summed E-state index contributed by atoms with van der Waals surface area (Å²) in [6.45, 7) is 3.64. The third kappa shape index (κ3) is 5.15. The average Bonchev–Trinajstić information content (AvgIpc) is 3.10. The molecule has 2 aromatic rings. The van der Waals surface area contributed by atoms with E-state index in [1.807, 2.05) is 44.2 Å². The van der Waals surface area contributed by atoms with Gasteiger partial charge in [0, 0.05) is 23.7 Å². The van der Waals surface area contributed by atoms with Crippen molar-refractivity contribution in [1.29, 1.82) is 0 Å². The molecule has 29 heavy (non-hydrogen) atoms. The van der Waals surface area contributed by atoms with Gasteiger partial charge in [-0.2, -0.15) is 0 Å². The monoisotopic (exact) mass is 414 g/mol. The van der Waals surface area contributed by atoms with E-state index < -0.39 is 24.4 Å². The van der Waals surface area contributed by atoms with E-state index >= 15 is 0 Å². The Bertz CT molecular complexity index is 916. The molecule has 1 fully saturated rings. The van der Waals surface area contributed by atoms with Crippen LogP contribution in [0.1, 0.15) is 30.5 Å². The maximum Gasteiger partial charge on any atom is 0.311 e. The van der Waals surface area contributed by atoms with E-state index in [0.717, 1.165) is 11.1 Å². The highest BCUT2D eigenvalue weighted by Crippen LogP contribution is 2.29. The number of hydrogen-bond donors (Lipinski definition) is 1. The molecule has 152 valence electrons. The Morgan fingerprint density at radius 3 is 2.69 bits per heavy atom. The van der Waals surface area contributed by atoms with Gasteiger partial charge in [0.05, 0.1) is 12.0 Å². The molecule has 0 bridgehead atoms. The van der Waals surface area contributed by atoms with E-state index in [9.17, 15) is 14.4 Å². The third-order valence-electron chi connectivity index (χ3n) is 5.06. The van der Waals surface area contributed by atoms with Crippen molar-refractivity contribution < 1.29 is 19.1 Å². The van der Waals surface area contributed by atoms with Crippen molar-refractivity contribution in [3.05, 3.63) is 64.7 Å². The second kappa shape index (κ2) is 9.09. The fraction of sp³-hybridized carbons (Fsp3) is 0.318. The quantitative estimate of drug-likeness (QED) is 0.730. The van der Waals surface area contributed by atoms with Crippen LogP contribution in [0, 0.1) is 12.8 Å². The number of esters is 1. The molecular weight excluding hydrogens is 392 g/mol. The molecule has 0 saturated carbocycles. The van der Waals surface area contributed by atoms with Gasteiger partial charge in [0.2, 0.25) is 5.91 Å². The highest BCUT2D eigenvalue weighted by molar-refractivity contribution is 6.31. The minimum Gasteiger partial charge on any atom is -0.455 e. The summed E-state index contributed by atoms with van der Waals surface area (Å²) < 4.78 is 5.15. The maximum absolute atomic E-state index is 12.4. The lowest BCUT2D eigenvalue weighted by molar-refractivity contribution is -0.151. The number of ether oxygens (including phenoxy) is 1. The SMILES string of the molecule is Cc1ccc(Cl)cc1NC(=O)COC(=O)[C@H]1CC(=O)N([C@H](C)c2ccccc2)C1. The maximum atomic E-state index is 12.4. The van der Waals surface area contributed by atoms with E-state index in [2.05, 4.69) is 5.32 Å². The Kier molecular flexibility index (Phi) is 6.54. The smallest absolute Gasteiger partial charge is 0.311 e. The predicted molar refractivity (Wildman–Crippen MR) is 110 cm³/mol. The van der Waals surface area contributed by atoms with Crippen LogP contribution in [-0.4, -0.2) is 35.8 Å². The lowest BCUT2D eigenvalue weighted by Gasteiger charge is -2.25. The fourth-order valence-electron chi connectivity index (χ4n) is 3.35. The molecule has 1 aliphatic heterocycles. The summed E-state index contributed by atoms with van der Waals surface area (Å²) in [7, 11) is 0. The highest BCUT2D eigenvalue weighted by atomic mass is 35.5. The topological polar surface area (TPSA) is 75.7 Å². The van der Waals surface area contributed by atoms with Crippen molar-refractivity contribution in [2.24, 2.45) is 5.92 Å². The summed E-state index contributed by atoms with van der Waals surface area (Å²) in [6, 6.07) is 14.7. The first-order valence-electron chi connectivity index (χ1n) is 9.42. The van der Waals surface area contributed by atoms with Crippen LogP contribution in [0.2, 0.25) is 5.02 Å². The molecule has 0 unspecified atom stereocenters. The first-order valence-corrected chi connectivity index (χ1v) is 9.80. The van der Waals surface area contributed by atoms with Crippen molar-refractivity contribution in [3.8, 4) is 0 Å². The van der Waals surface area contributed by atoms with E-state index in [0.29, 0.717) is 10.7 Å². The number of carbonyl (C=O) groups excluding carboxylic acids is 3. The van der Waals surface area contributed by atoms with Crippen LogP contribution in [0.5, 0.6) is 0 Å². The molecule has 0 aliphatic carbocycles. The van der Waals surface area contributed by atoms with E-state index in [-0.39, 0.29) is 24.9 Å². The zero-order valence-corrected chi connectivity index (χ0v) is 17.1. The molecule has 6 nitrogen and oxygen atoms in total. The molecule has 1 aliphatic rings. The number of rotatable bonds is 6. The average molecular weight is 415 g/mol. The van der Waals surface area contributed by atoms with Gasteiger partial charge in [-0.3, -0.25) is 14.4 Å². The van der Waals surface area contributed by atoms with Crippen LogP contribution in [0.15, 0.2) is 48.5 Å². The molecule has 7 heteroatoms. The molecule has 1 heterocycles. The summed E-state index contributed by atoms with van der Waals surface area (Å²) >= 11 is 5.94. The van der Waals surface area contributed by atoms with Gasteiger partial charge in [-0.05, 0) is 37.1 Å². The number of nitrogens with zero attached hydrogens (tertiary/aromatic N) is 1. The highest BCUT2D eigenvalue weighted by Gasteiger charge is 2.38. The van der Waals surface area contributed by atoms with E-state index in [4.69, 9.17) is 16.3 Å². The van der Waals surface area contributed by atoms with Crippen LogP contribution in [0.3, 0.4) is 0 Å². The molecule has 2 amide bonds. The minimum absolute atomic E-state index is 0.0883. The van der Waals surface area contributed by atoms with E-state index in [1.54, 1.807) is 23.1 Å². The zero-order chi connectivity index (χ0) is 21.0. The van der Waals surface area contributed by atoms with Crippen LogP contribution in [-0.2, 0) is 19.1 Å². The zero-order valence-electron chi connectivity index (χ0n) is 16.4. The van der Waals surface area contributed by atoms with Gasteiger partial charge < -0.3 is 15.0 Å². The van der Waals surface area contributed by atoms with Crippen LogP contribution < -0.4 is 5.32 Å². The Morgan fingerprint density at radius 1 is 1.24 bits per heavy atom. The second-order valence-electron chi connectivity index (χ2n) is 7.15. The van der Waals surface area contributed by atoms with Crippen molar-refractivity contribution in [2.45, 2.75) is 26.3 Å². The number of aryl methyl sites for hydroxylation is 1. The van der Waals surface area contributed by atoms with Crippen molar-refractivity contribution >= 4 is 35.1 Å². The number of hydrogen-bond acceptors (Lipinski definition) is 4. The largest absolute Gasteiger partial charge is 0.455 e. The lowest BCUT2D eigenvalue weighted by atomic mass is 10.1. The molecule has 2 aromatic carbocycles. The molecular formula is C22H23ClN2O4. The minimum atomic E-state index is -0.575. The number of amides is 2. The van der Waals surface area contributed by atoms with Crippen LogP contribution >= 0.6 is 11.6 Å². The normalized spacial score (nSPS) is 17.1. The molecule has 0 spiro atoms. The standard InChI is InChI=1S/C22H23ClN2O4/c1-14-8-9-18(23)11-19(14)24-20(26)13-29-22(28)17-10-21(27)25(12-17)15(2)16-6-4-3-5-7-16/h3-9,11,15,17H,10,12-13H2,1-2H3,(H,24,26)/t15-,17+/m1/s1. The first kappa shape index (κ1) is 20.9. The molecule has 1 saturated heterocycles. The molecule has 2 atom stereocenters. The van der Waals surface area contributed by atoms with Gasteiger partial charge in [-0.25, -0.2) is 0 Å². The fourth-order valence-corrected chi connectivity index (χ4v) is 3.52. The Hall–Kier alpha value is -2.86. The lowest BCUT2D eigenvalue weighted by Crippen LogP contribution is -2.30. The Balaban J connectivity index is 1.53. The number of likely N-dealkylation sites (tertiary alicyclic amines) is 1. The van der Waals surface area contributed by atoms with Gasteiger partial charge in [0.1, 0.15) is 0 Å². The van der Waals surface area contributed by atoms with Crippen molar-refractivity contribution in [2.75, 3.05) is 18.5 Å². The predicted octanol–water partition coefficient (Wildman–Crippen LogP) is 3.74. The summed E-state index contributed by atoms with van der Waals surface area (Å²) in [4.78, 5) is 38.5. The van der Waals surface area contributed by atoms with Gasteiger partial charge >= 0.3 is 5.97 Å². The second-order valence-corrected chi connectivity index (χ2v) is 7.59. The van der Waals surface area contributed by atoms with Gasteiger partial charge in [0.25, 0.3) is 5.91 Å². The number of anilines is 1. The summed E-state index contributed by atoms with van der Waals surface area (Å²) in [5.41, 5.74) is 2.42. The van der Waals surface area contributed by atoms with Crippen molar-refractivity contribution in [1.82, 2.24) is 4.90 Å². The third-order valence-corrected chi connectivity index (χ3v) is 5.30. The summed E-state index contributed by atoms with van der Waals surface area (Å²) in [5.74, 6) is -1.67. The molecule has 3 rings (SSSR count). The van der Waals surface area contributed by atoms with Gasteiger partial charge in [-0.1, -0.05) is 48.0 Å². The number of halogens is 1. The van der Waals surface area contributed by atoms with Gasteiger partial charge in [0.15, 0.2) is 6.61 Å². The summed E-state index contributed by atoms with van der Waals surface area (Å²) in [6.07, 6.45) is 0.0883. The number of carbonyl (C=O) groups is 3. The van der Waals surface area contributed by atoms with Gasteiger partial charge in [-0.15, -0.1) is 0 Å². The first-order chi connectivity index (χ1) is 13.8. The van der Waals surface area contributed by atoms with Crippen molar-refractivity contribution in [3.63, 3.8) is 0 Å². The van der Waals surface area contributed by atoms with E-state index in [1.165, 1.54) is 0 Å². The Labute approximate surface area is 174 Å². The molecule has 0 radical (unpaired) electrons. The molecule has 1 N–H and O–H groups in total. The summed E-state index contributed by atoms with van der Waals surface area (Å²) in [5, 5.41) is 3.18. The van der Waals surface area contributed by atoms with Crippen LogP contribution in [0.4, 0.5) is 5.69 Å². The number of benzene rings is 2. The molecule has 0 aromatic heterocycles.